The van der Waals surface area contributed by atoms with E-state index in [1.54, 1.807) is 0 Å². The second-order valence-corrected chi connectivity index (χ2v) is 6.57. The molecular weight excluding hydrogens is 244 g/mol. The summed E-state index contributed by atoms with van der Waals surface area (Å²) in [5, 5.41) is 0. The van der Waals surface area contributed by atoms with Gasteiger partial charge in [0.2, 0.25) is 0 Å². The van der Waals surface area contributed by atoms with Crippen molar-refractivity contribution in [3.8, 4) is 0 Å². The Morgan fingerprint density at radius 1 is 1.11 bits per heavy atom. The Hall–Kier alpha value is -1.06. The molecule has 0 aromatic heterocycles. The van der Waals surface area contributed by atoms with Crippen molar-refractivity contribution in [1.29, 1.82) is 0 Å². The summed E-state index contributed by atoms with van der Waals surface area (Å²) in [6.45, 7) is 7.25. The van der Waals surface area contributed by atoms with Crippen LogP contribution in [0.25, 0.3) is 0 Å². The predicted octanol–water partition coefficient (Wildman–Crippen LogP) is 2.70. The lowest BCUT2D eigenvalue weighted by molar-refractivity contribution is -0.167. The Kier molecular flexibility index (Phi) is 3.88. The van der Waals surface area contributed by atoms with E-state index in [1.165, 1.54) is 6.92 Å². The maximum Gasteiger partial charge on any atom is 0.311 e. The predicted molar refractivity (Wildman–Crippen MR) is 70.3 cm³/mol. The molecule has 0 aromatic carbocycles. The van der Waals surface area contributed by atoms with Crippen molar-refractivity contribution in [3.05, 3.63) is 0 Å². The van der Waals surface area contributed by atoms with E-state index in [2.05, 4.69) is 0 Å². The molecule has 0 spiro atoms. The molecule has 0 N–H and O–H groups in total. The number of carbonyl (C=O) groups excluding carboxylic acids is 2. The monoisotopic (exact) mass is 268 g/mol. The van der Waals surface area contributed by atoms with Crippen LogP contribution in [0.3, 0.4) is 0 Å². The van der Waals surface area contributed by atoms with Crippen LogP contribution in [-0.2, 0) is 19.1 Å². The minimum Gasteiger partial charge on any atom is -0.462 e. The van der Waals surface area contributed by atoms with Gasteiger partial charge >= 0.3 is 11.9 Å². The van der Waals surface area contributed by atoms with Crippen LogP contribution in [0.1, 0.15) is 53.4 Å². The van der Waals surface area contributed by atoms with Gasteiger partial charge in [0.15, 0.2) is 0 Å². The second-order valence-electron chi connectivity index (χ2n) is 6.57. The fourth-order valence-electron chi connectivity index (χ4n) is 3.15. The third-order valence-corrected chi connectivity index (χ3v) is 4.70. The maximum atomic E-state index is 12.1. The van der Waals surface area contributed by atoms with Crippen molar-refractivity contribution in [2.45, 2.75) is 65.6 Å². The Balaban J connectivity index is 1.96. The highest BCUT2D eigenvalue weighted by molar-refractivity contribution is 5.76. The molecule has 0 saturated heterocycles. The lowest BCUT2D eigenvalue weighted by atomic mass is 9.89. The SMILES string of the molecule is CCC(C)(C)C(=O)OC1CC2CC(OC(C)=O)C1C2. The van der Waals surface area contributed by atoms with Gasteiger partial charge in [-0.15, -0.1) is 0 Å². The van der Waals surface area contributed by atoms with Gasteiger partial charge in [0, 0.05) is 12.8 Å². The van der Waals surface area contributed by atoms with E-state index in [4.69, 9.17) is 9.47 Å². The summed E-state index contributed by atoms with van der Waals surface area (Å²) in [7, 11) is 0. The maximum absolute atomic E-state index is 12.1. The average Bonchev–Trinajstić information content (AvgIpc) is 2.87. The van der Waals surface area contributed by atoms with Gasteiger partial charge in [-0.05, 0) is 45.4 Å². The van der Waals surface area contributed by atoms with Crippen LogP contribution in [0.15, 0.2) is 0 Å². The molecule has 4 atom stereocenters. The number of hydrogen-bond acceptors (Lipinski definition) is 4. The van der Waals surface area contributed by atoms with Gasteiger partial charge in [0.25, 0.3) is 0 Å². The van der Waals surface area contributed by atoms with Gasteiger partial charge in [-0.25, -0.2) is 0 Å². The minimum absolute atomic E-state index is 0.0567. The molecule has 0 heterocycles. The number of hydrogen-bond donors (Lipinski definition) is 0. The first-order valence-electron chi connectivity index (χ1n) is 7.21. The molecule has 2 rings (SSSR count). The van der Waals surface area contributed by atoms with E-state index < -0.39 is 5.41 Å². The number of rotatable bonds is 4. The number of esters is 2. The highest BCUT2D eigenvalue weighted by atomic mass is 16.6. The van der Waals surface area contributed by atoms with Crippen LogP contribution in [0.5, 0.6) is 0 Å². The molecule has 2 saturated carbocycles. The third-order valence-electron chi connectivity index (χ3n) is 4.70. The van der Waals surface area contributed by atoms with Crippen LogP contribution >= 0.6 is 0 Å². The summed E-state index contributed by atoms with van der Waals surface area (Å²) >= 11 is 0. The van der Waals surface area contributed by atoms with Crippen LogP contribution in [0.2, 0.25) is 0 Å². The summed E-state index contributed by atoms with van der Waals surface area (Å²) in [6, 6.07) is 0. The molecule has 2 aliphatic rings. The van der Waals surface area contributed by atoms with E-state index in [1.807, 2.05) is 20.8 Å². The van der Waals surface area contributed by atoms with E-state index in [9.17, 15) is 9.59 Å². The van der Waals surface area contributed by atoms with E-state index in [-0.39, 0.29) is 30.1 Å². The van der Waals surface area contributed by atoms with Crippen LogP contribution < -0.4 is 0 Å². The molecule has 4 heteroatoms. The molecule has 108 valence electrons. The summed E-state index contributed by atoms with van der Waals surface area (Å²) < 4.78 is 11.0. The Bertz CT molecular complexity index is 374. The summed E-state index contributed by atoms with van der Waals surface area (Å²) in [4.78, 5) is 23.2. The Morgan fingerprint density at radius 3 is 2.16 bits per heavy atom. The zero-order valence-electron chi connectivity index (χ0n) is 12.3. The quantitative estimate of drug-likeness (QED) is 0.736. The van der Waals surface area contributed by atoms with Gasteiger partial charge in [-0.2, -0.15) is 0 Å². The summed E-state index contributed by atoms with van der Waals surface area (Å²) in [5.74, 6) is 0.369. The molecule has 4 unspecified atom stereocenters. The normalized spacial score (nSPS) is 33.3. The second kappa shape index (κ2) is 5.14. The molecule has 4 nitrogen and oxygen atoms in total. The first-order chi connectivity index (χ1) is 8.83. The number of carbonyl (C=O) groups is 2. The lowest BCUT2D eigenvalue weighted by Gasteiger charge is -2.31. The molecular formula is C15H24O4. The van der Waals surface area contributed by atoms with E-state index in [0.717, 1.165) is 25.7 Å². The minimum atomic E-state index is -0.432. The Labute approximate surface area is 114 Å². The van der Waals surface area contributed by atoms with Crippen molar-refractivity contribution in [2.24, 2.45) is 17.3 Å². The molecule has 2 fully saturated rings. The molecule has 2 aliphatic carbocycles. The lowest BCUT2D eigenvalue weighted by Crippen LogP contribution is -2.38. The van der Waals surface area contributed by atoms with Gasteiger partial charge < -0.3 is 9.47 Å². The highest BCUT2D eigenvalue weighted by Gasteiger charge is 2.50. The summed E-state index contributed by atoms with van der Waals surface area (Å²) in [5.41, 5.74) is -0.432. The van der Waals surface area contributed by atoms with Gasteiger partial charge in [0.05, 0.1) is 5.41 Å². The molecule has 0 amide bonds. The zero-order valence-corrected chi connectivity index (χ0v) is 12.3. The molecule has 19 heavy (non-hydrogen) atoms. The van der Waals surface area contributed by atoms with Crippen LogP contribution in [-0.4, -0.2) is 24.1 Å². The van der Waals surface area contributed by atoms with Crippen molar-refractivity contribution < 1.29 is 19.1 Å². The zero-order chi connectivity index (χ0) is 14.2. The van der Waals surface area contributed by atoms with Crippen molar-refractivity contribution in [2.75, 3.05) is 0 Å². The van der Waals surface area contributed by atoms with Crippen molar-refractivity contribution >= 4 is 11.9 Å². The highest BCUT2D eigenvalue weighted by Crippen LogP contribution is 2.48. The topological polar surface area (TPSA) is 52.6 Å². The van der Waals surface area contributed by atoms with Crippen molar-refractivity contribution in [3.63, 3.8) is 0 Å². The van der Waals surface area contributed by atoms with Crippen LogP contribution in [0, 0.1) is 17.3 Å². The Morgan fingerprint density at radius 2 is 1.68 bits per heavy atom. The van der Waals surface area contributed by atoms with Crippen LogP contribution in [0.4, 0.5) is 0 Å². The van der Waals surface area contributed by atoms with E-state index in [0.29, 0.717) is 5.92 Å². The molecule has 0 aromatic rings. The van der Waals surface area contributed by atoms with Gasteiger partial charge in [-0.1, -0.05) is 6.92 Å². The smallest absolute Gasteiger partial charge is 0.311 e. The molecule has 0 aliphatic heterocycles. The molecule has 0 radical (unpaired) electrons. The van der Waals surface area contributed by atoms with E-state index >= 15 is 0 Å². The molecule has 2 bridgehead atoms. The van der Waals surface area contributed by atoms with Gasteiger partial charge in [0.1, 0.15) is 12.2 Å². The third kappa shape index (κ3) is 2.93. The van der Waals surface area contributed by atoms with Crippen molar-refractivity contribution in [1.82, 2.24) is 0 Å². The average molecular weight is 268 g/mol. The standard InChI is InChI=1S/C15H24O4/c1-5-15(3,4)14(17)19-13-8-10-6-11(13)12(7-10)18-9(2)16/h10-13H,5-8H2,1-4H3. The fraction of sp³-hybridized carbons (Fsp3) is 0.867. The summed E-state index contributed by atoms with van der Waals surface area (Å²) in [6.07, 6.45) is 3.51. The first-order valence-corrected chi connectivity index (χ1v) is 7.21. The van der Waals surface area contributed by atoms with Gasteiger partial charge in [-0.3, -0.25) is 9.59 Å². The fourth-order valence-corrected chi connectivity index (χ4v) is 3.15. The first kappa shape index (κ1) is 14.4. The number of ether oxygens (including phenoxy) is 2. The number of fused-ring (bicyclic) bond motifs is 2. The largest absolute Gasteiger partial charge is 0.462 e.